The first-order chi connectivity index (χ1) is 12.9. The summed E-state index contributed by atoms with van der Waals surface area (Å²) in [6.45, 7) is 5.14. The van der Waals surface area contributed by atoms with Gasteiger partial charge in [0.2, 0.25) is 11.8 Å². The zero-order valence-electron chi connectivity index (χ0n) is 14.3. The monoisotopic (exact) mass is 388 g/mol. The smallest absolute Gasteiger partial charge is 0.215 e. The number of hydrogen-bond donors (Lipinski definition) is 2. The van der Waals surface area contributed by atoms with Crippen LogP contribution in [-0.2, 0) is 0 Å². The second-order valence-corrected chi connectivity index (χ2v) is 5.92. The maximum atomic E-state index is 14.2. The molecular formula is C19H15ClF2N4O. The molecule has 0 bridgehead atoms. The average Bonchev–Trinajstić information content (AvgIpc) is 2.94. The van der Waals surface area contributed by atoms with Crippen molar-refractivity contribution in [2.24, 2.45) is 4.99 Å². The molecule has 0 radical (unpaired) electrons. The van der Waals surface area contributed by atoms with Crippen LogP contribution in [0.25, 0.3) is 16.5 Å². The number of hydrogen-bond acceptors (Lipinski definition) is 5. The SMILES string of the molecule is C=N/C=C\C(=C/C)c1nc(F)cc2c(Nc3ccc(F)c(Cl)c3)c(N)oc12. The highest BCUT2D eigenvalue weighted by molar-refractivity contribution is 6.31. The predicted octanol–water partition coefficient (Wildman–Crippen LogP) is 5.70. The van der Waals surface area contributed by atoms with Crippen molar-refractivity contribution in [3.63, 3.8) is 0 Å². The highest BCUT2D eigenvalue weighted by Crippen LogP contribution is 2.39. The van der Waals surface area contributed by atoms with Gasteiger partial charge in [0, 0.05) is 23.5 Å². The van der Waals surface area contributed by atoms with E-state index in [0.29, 0.717) is 27.9 Å². The zero-order chi connectivity index (χ0) is 19.6. The molecule has 0 saturated carbocycles. The van der Waals surface area contributed by atoms with Gasteiger partial charge in [-0.15, -0.1) is 0 Å². The van der Waals surface area contributed by atoms with Crippen molar-refractivity contribution in [1.29, 1.82) is 0 Å². The third kappa shape index (κ3) is 3.68. The first kappa shape index (κ1) is 18.6. The number of nitrogens with two attached hydrogens (primary N) is 1. The summed E-state index contributed by atoms with van der Waals surface area (Å²) in [5.41, 5.74) is 7.92. The molecule has 0 aliphatic heterocycles. The van der Waals surface area contributed by atoms with Crippen LogP contribution in [0.15, 0.2) is 52.0 Å². The fourth-order valence-electron chi connectivity index (χ4n) is 2.57. The standard InChI is InChI=1S/C19H15ClF2N4O/c1-3-10(6-7-24-2)16-18-12(9-15(22)26-16)17(19(23)27-18)25-11-4-5-14(21)13(20)8-11/h3-9,25H,2,23H2,1H3/b7-6-,10-3+. The highest BCUT2D eigenvalue weighted by atomic mass is 35.5. The summed E-state index contributed by atoms with van der Waals surface area (Å²) in [5, 5.41) is 3.31. The Balaban J connectivity index is 2.15. The third-order valence-electron chi connectivity index (χ3n) is 3.80. The Kier molecular flexibility index (Phi) is 5.23. The molecule has 0 unspecified atom stereocenters. The molecule has 0 aliphatic rings. The van der Waals surface area contributed by atoms with Gasteiger partial charge < -0.3 is 15.5 Å². The average molecular weight is 389 g/mol. The molecule has 2 heterocycles. The van der Waals surface area contributed by atoms with Crippen molar-refractivity contribution < 1.29 is 13.2 Å². The van der Waals surface area contributed by atoms with Gasteiger partial charge in [-0.25, -0.2) is 9.37 Å². The number of rotatable bonds is 5. The minimum atomic E-state index is -0.710. The lowest BCUT2D eigenvalue weighted by atomic mass is 10.1. The maximum absolute atomic E-state index is 14.2. The molecule has 3 aromatic rings. The fourth-order valence-corrected chi connectivity index (χ4v) is 2.75. The number of furan rings is 1. The quantitative estimate of drug-likeness (QED) is 0.334. The molecule has 8 heteroatoms. The van der Waals surface area contributed by atoms with E-state index in [-0.39, 0.29) is 16.6 Å². The van der Waals surface area contributed by atoms with E-state index >= 15 is 0 Å². The third-order valence-corrected chi connectivity index (χ3v) is 4.09. The molecule has 0 saturated heterocycles. The number of halogens is 3. The van der Waals surface area contributed by atoms with Crippen LogP contribution < -0.4 is 11.1 Å². The molecule has 2 aromatic heterocycles. The molecule has 27 heavy (non-hydrogen) atoms. The molecule has 138 valence electrons. The van der Waals surface area contributed by atoms with Gasteiger partial charge in [-0.3, -0.25) is 4.99 Å². The Morgan fingerprint density at radius 1 is 1.37 bits per heavy atom. The fraction of sp³-hybridized carbons (Fsp3) is 0.0526. The van der Waals surface area contributed by atoms with E-state index in [0.717, 1.165) is 0 Å². The van der Waals surface area contributed by atoms with Gasteiger partial charge in [-0.05, 0) is 37.9 Å². The number of fused-ring (bicyclic) bond motifs is 1. The van der Waals surface area contributed by atoms with Gasteiger partial charge >= 0.3 is 0 Å². The summed E-state index contributed by atoms with van der Waals surface area (Å²) in [4.78, 5) is 7.56. The van der Waals surface area contributed by atoms with Crippen molar-refractivity contribution in [3.05, 3.63) is 65.1 Å². The summed E-state index contributed by atoms with van der Waals surface area (Å²) in [7, 11) is 0. The lowest BCUT2D eigenvalue weighted by Crippen LogP contribution is -1.95. The summed E-state index contributed by atoms with van der Waals surface area (Å²) < 4.78 is 33.2. The molecular weight excluding hydrogens is 374 g/mol. The zero-order valence-corrected chi connectivity index (χ0v) is 15.0. The van der Waals surface area contributed by atoms with Gasteiger partial charge in [0.25, 0.3) is 0 Å². The normalized spacial score (nSPS) is 12.1. The van der Waals surface area contributed by atoms with Crippen LogP contribution in [0.3, 0.4) is 0 Å². The number of anilines is 3. The van der Waals surface area contributed by atoms with E-state index in [9.17, 15) is 8.78 Å². The van der Waals surface area contributed by atoms with Crippen molar-refractivity contribution in [1.82, 2.24) is 4.98 Å². The van der Waals surface area contributed by atoms with Crippen LogP contribution >= 0.6 is 11.6 Å². The number of allylic oxidation sites excluding steroid dienone is 3. The Bertz CT molecular complexity index is 1090. The molecule has 5 nitrogen and oxygen atoms in total. The number of benzene rings is 1. The van der Waals surface area contributed by atoms with Gasteiger partial charge in [0.1, 0.15) is 17.2 Å². The number of nitrogens with one attached hydrogen (secondary N) is 1. The van der Waals surface area contributed by atoms with E-state index in [4.69, 9.17) is 21.8 Å². The Labute approximate surface area is 158 Å². The molecule has 0 atom stereocenters. The van der Waals surface area contributed by atoms with Crippen LogP contribution in [-0.4, -0.2) is 11.7 Å². The number of aliphatic imine (C=N–C) groups is 1. The highest BCUT2D eigenvalue weighted by Gasteiger charge is 2.19. The first-order valence-corrected chi connectivity index (χ1v) is 8.22. The molecule has 1 aromatic carbocycles. The van der Waals surface area contributed by atoms with Crippen molar-refractivity contribution in [3.8, 4) is 0 Å². The van der Waals surface area contributed by atoms with Crippen LogP contribution in [0, 0.1) is 11.8 Å². The minimum absolute atomic E-state index is 0.0281. The first-order valence-electron chi connectivity index (χ1n) is 7.84. The summed E-state index contributed by atoms with van der Waals surface area (Å²) in [6.07, 6.45) is 4.81. The largest absolute Gasteiger partial charge is 0.436 e. The van der Waals surface area contributed by atoms with Gasteiger partial charge in [0.15, 0.2) is 5.58 Å². The van der Waals surface area contributed by atoms with Gasteiger partial charge in [-0.1, -0.05) is 17.7 Å². The van der Waals surface area contributed by atoms with E-state index in [1.165, 1.54) is 30.5 Å². The van der Waals surface area contributed by atoms with E-state index in [1.807, 2.05) is 0 Å². The van der Waals surface area contributed by atoms with Crippen LogP contribution in [0.5, 0.6) is 0 Å². The number of nitrogen functional groups attached to an aromatic ring is 1. The molecule has 3 N–H and O–H groups in total. The molecule has 0 fully saturated rings. The molecule has 3 rings (SSSR count). The summed E-state index contributed by atoms with van der Waals surface area (Å²) in [5.74, 6) is -1.23. The van der Waals surface area contributed by atoms with Crippen LogP contribution in [0.1, 0.15) is 12.6 Å². The molecule has 0 spiro atoms. The van der Waals surface area contributed by atoms with Crippen molar-refractivity contribution in [2.45, 2.75) is 6.92 Å². The van der Waals surface area contributed by atoms with Crippen molar-refractivity contribution in [2.75, 3.05) is 11.1 Å². The Morgan fingerprint density at radius 2 is 2.15 bits per heavy atom. The summed E-state index contributed by atoms with van der Waals surface area (Å²) in [6, 6.07) is 5.29. The van der Waals surface area contributed by atoms with Crippen molar-refractivity contribution >= 4 is 52.1 Å². The molecule has 0 aliphatic carbocycles. The maximum Gasteiger partial charge on any atom is 0.215 e. The lowest BCUT2D eigenvalue weighted by molar-refractivity contribution is 0.579. The van der Waals surface area contributed by atoms with Crippen LogP contribution in [0.2, 0.25) is 5.02 Å². The van der Waals surface area contributed by atoms with Gasteiger partial charge in [-0.2, -0.15) is 4.39 Å². The number of nitrogens with zero attached hydrogens (tertiary/aromatic N) is 2. The van der Waals surface area contributed by atoms with E-state index in [1.54, 1.807) is 19.1 Å². The van der Waals surface area contributed by atoms with Gasteiger partial charge in [0.05, 0.1) is 10.4 Å². The van der Waals surface area contributed by atoms with Crippen LogP contribution in [0.4, 0.5) is 26.0 Å². The lowest BCUT2D eigenvalue weighted by Gasteiger charge is -2.07. The number of pyridine rings is 1. The molecule has 0 amide bonds. The summed E-state index contributed by atoms with van der Waals surface area (Å²) >= 11 is 5.80. The Morgan fingerprint density at radius 3 is 2.81 bits per heavy atom. The van der Waals surface area contributed by atoms with E-state index in [2.05, 4.69) is 22.0 Å². The minimum Gasteiger partial charge on any atom is -0.436 e. The second-order valence-electron chi connectivity index (χ2n) is 5.51. The predicted molar refractivity (Wildman–Crippen MR) is 105 cm³/mol. The topological polar surface area (TPSA) is 76.4 Å². The second kappa shape index (κ2) is 7.59. The van der Waals surface area contributed by atoms with E-state index < -0.39 is 11.8 Å². The Hall–Kier alpha value is -3.19. The number of aromatic nitrogens is 1.